The molecule has 74 valence electrons. The van der Waals surface area contributed by atoms with E-state index in [1.807, 2.05) is 0 Å². The van der Waals surface area contributed by atoms with E-state index in [1.54, 1.807) is 0 Å². The molecule has 2 rings (SSSR count). The molecule has 0 spiro atoms. The zero-order valence-electron chi connectivity index (χ0n) is 7.44. The van der Waals surface area contributed by atoms with Crippen LogP contribution in [0.1, 0.15) is 0 Å². The van der Waals surface area contributed by atoms with Gasteiger partial charge in [0.2, 0.25) is 0 Å². The molecule has 1 heterocycles. The lowest BCUT2D eigenvalue weighted by Crippen LogP contribution is -2.05. The molecule has 0 aliphatic carbocycles. The summed E-state index contributed by atoms with van der Waals surface area (Å²) in [6.07, 6.45) is 0.998. The van der Waals surface area contributed by atoms with Crippen molar-refractivity contribution in [3.05, 3.63) is 51.0 Å². The van der Waals surface area contributed by atoms with Crippen LogP contribution in [0, 0.1) is 5.82 Å². The van der Waals surface area contributed by atoms with Crippen LogP contribution in [-0.4, -0.2) is 4.98 Å². The Balaban J connectivity index is 2.87. The van der Waals surface area contributed by atoms with Crippen LogP contribution in [0.5, 0.6) is 0 Å². The van der Waals surface area contributed by atoms with Gasteiger partial charge in [-0.25, -0.2) is 4.39 Å². The largest absolute Gasteiger partial charge is 0.326 e. The van der Waals surface area contributed by atoms with E-state index in [-0.39, 0.29) is 16.5 Å². The molecule has 0 saturated heterocycles. The van der Waals surface area contributed by atoms with Crippen LogP contribution in [0.2, 0.25) is 0 Å². The van der Waals surface area contributed by atoms with Crippen LogP contribution in [-0.2, 0) is 0 Å². The van der Waals surface area contributed by atoms with E-state index in [0.717, 1.165) is 6.20 Å². The first-order valence-electron chi connectivity index (χ1n) is 4.08. The summed E-state index contributed by atoms with van der Waals surface area (Å²) in [5.41, 5.74) is 8.08. The third kappa shape index (κ3) is 1.53. The Bertz CT molecular complexity index is 628. The molecule has 0 saturated carbocycles. The SMILES string of the molecule is [N-]=[N+]=Nc1ccc2c(F)c[nH]c(=O)c2c1. The third-order valence-corrected chi connectivity index (χ3v) is 2.00. The average molecular weight is 204 g/mol. The number of hydrogen-bond acceptors (Lipinski definition) is 2. The number of fused-ring (bicyclic) bond motifs is 1. The number of aromatic nitrogens is 1. The molecule has 1 aromatic carbocycles. The number of H-pyrrole nitrogens is 1. The molecule has 0 bridgehead atoms. The quantitative estimate of drug-likeness (QED) is 0.432. The summed E-state index contributed by atoms with van der Waals surface area (Å²) in [6.45, 7) is 0. The Kier molecular flexibility index (Phi) is 2.11. The highest BCUT2D eigenvalue weighted by molar-refractivity contribution is 5.84. The first-order chi connectivity index (χ1) is 7.22. The summed E-state index contributed by atoms with van der Waals surface area (Å²) >= 11 is 0. The molecule has 0 amide bonds. The number of nitrogens with one attached hydrogen (secondary N) is 1. The summed E-state index contributed by atoms with van der Waals surface area (Å²) in [5.74, 6) is -0.517. The maximum Gasteiger partial charge on any atom is 0.256 e. The molecule has 5 nitrogen and oxygen atoms in total. The van der Waals surface area contributed by atoms with Crippen molar-refractivity contribution in [2.45, 2.75) is 0 Å². The van der Waals surface area contributed by atoms with Crippen LogP contribution in [0.15, 0.2) is 34.3 Å². The maximum absolute atomic E-state index is 13.2. The molecule has 6 heteroatoms. The number of pyridine rings is 1. The van der Waals surface area contributed by atoms with Crippen LogP contribution >= 0.6 is 0 Å². The summed E-state index contributed by atoms with van der Waals surface area (Å²) in [6, 6.07) is 4.20. The van der Waals surface area contributed by atoms with Gasteiger partial charge in [-0.15, -0.1) is 0 Å². The molecule has 1 N–H and O–H groups in total. The smallest absolute Gasteiger partial charge is 0.256 e. The Morgan fingerprint density at radius 1 is 1.40 bits per heavy atom. The molecule has 0 aliphatic heterocycles. The van der Waals surface area contributed by atoms with Gasteiger partial charge in [0, 0.05) is 22.2 Å². The van der Waals surface area contributed by atoms with E-state index in [1.165, 1.54) is 18.2 Å². The minimum atomic E-state index is -0.517. The minimum absolute atomic E-state index is 0.167. The molecule has 0 atom stereocenters. The van der Waals surface area contributed by atoms with E-state index in [4.69, 9.17) is 5.53 Å². The van der Waals surface area contributed by atoms with Crippen LogP contribution in [0.3, 0.4) is 0 Å². The van der Waals surface area contributed by atoms with Crippen molar-refractivity contribution in [2.24, 2.45) is 5.11 Å². The second-order valence-electron chi connectivity index (χ2n) is 2.89. The molecule has 0 aliphatic rings. The van der Waals surface area contributed by atoms with Crippen molar-refractivity contribution in [1.29, 1.82) is 0 Å². The summed E-state index contributed by atoms with van der Waals surface area (Å²) in [5, 5.41) is 3.70. The lowest BCUT2D eigenvalue weighted by Gasteiger charge is -1.98. The van der Waals surface area contributed by atoms with Crippen LogP contribution < -0.4 is 5.56 Å². The topological polar surface area (TPSA) is 81.6 Å². The van der Waals surface area contributed by atoms with Crippen molar-refractivity contribution in [3.63, 3.8) is 0 Å². The molecule has 0 unspecified atom stereocenters. The highest BCUT2D eigenvalue weighted by Gasteiger charge is 2.04. The molecule has 1 aromatic heterocycles. The summed E-state index contributed by atoms with van der Waals surface area (Å²) in [4.78, 5) is 16.2. The van der Waals surface area contributed by atoms with E-state index in [9.17, 15) is 9.18 Å². The Morgan fingerprint density at radius 3 is 2.93 bits per heavy atom. The van der Waals surface area contributed by atoms with Gasteiger partial charge >= 0.3 is 0 Å². The van der Waals surface area contributed by atoms with Crippen molar-refractivity contribution >= 4 is 16.5 Å². The molecular formula is C9H5FN4O. The van der Waals surface area contributed by atoms with Gasteiger partial charge in [-0.05, 0) is 11.6 Å². The highest BCUT2D eigenvalue weighted by Crippen LogP contribution is 2.20. The van der Waals surface area contributed by atoms with Gasteiger partial charge in [0.05, 0.1) is 5.39 Å². The van der Waals surface area contributed by atoms with Crippen molar-refractivity contribution in [3.8, 4) is 0 Å². The number of aromatic amines is 1. The van der Waals surface area contributed by atoms with Gasteiger partial charge in [0.15, 0.2) is 0 Å². The van der Waals surface area contributed by atoms with Crippen LogP contribution in [0.25, 0.3) is 21.2 Å². The number of hydrogen-bond donors (Lipinski definition) is 1. The predicted molar refractivity (Wildman–Crippen MR) is 53.3 cm³/mol. The number of azide groups is 1. The predicted octanol–water partition coefficient (Wildman–Crippen LogP) is 2.61. The van der Waals surface area contributed by atoms with Gasteiger partial charge in [-0.3, -0.25) is 4.79 Å². The second kappa shape index (κ2) is 3.43. The van der Waals surface area contributed by atoms with Crippen molar-refractivity contribution < 1.29 is 4.39 Å². The maximum atomic E-state index is 13.2. The lowest BCUT2D eigenvalue weighted by molar-refractivity contribution is 0.633. The van der Waals surface area contributed by atoms with E-state index in [2.05, 4.69) is 15.0 Å². The highest BCUT2D eigenvalue weighted by atomic mass is 19.1. The fourth-order valence-electron chi connectivity index (χ4n) is 1.33. The first-order valence-corrected chi connectivity index (χ1v) is 4.08. The van der Waals surface area contributed by atoms with Crippen molar-refractivity contribution in [2.75, 3.05) is 0 Å². The van der Waals surface area contributed by atoms with Crippen LogP contribution in [0.4, 0.5) is 10.1 Å². The Morgan fingerprint density at radius 2 is 2.20 bits per heavy atom. The standard InChI is InChI=1S/C9H5FN4O/c10-8-4-12-9(15)7-3-5(13-14-11)1-2-6(7)8/h1-4H,(H,12,15). The van der Waals surface area contributed by atoms with Crippen molar-refractivity contribution in [1.82, 2.24) is 4.98 Å². The van der Waals surface area contributed by atoms with Gasteiger partial charge in [-0.2, -0.15) is 0 Å². The zero-order chi connectivity index (χ0) is 10.8. The molecule has 2 aromatic rings. The second-order valence-corrected chi connectivity index (χ2v) is 2.89. The normalized spacial score (nSPS) is 9.93. The number of rotatable bonds is 1. The molecule has 0 radical (unpaired) electrons. The number of halogens is 1. The first kappa shape index (κ1) is 9.23. The molecular weight excluding hydrogens is 199 g/mol. The van der Waals surface area contributed by atoms with Gasteiger partial charge < -0.3 is 4.98 Å². The molecule has 0 fully saturated rings. The monoisotopic (exact) mass is 204 g/mol. The lowest BCUT2D eigenvalue weighted by atomic mass is 10.1. The minimum Gasteiger partial charge on any atom is -0.326 e. The Labute approximate surface area is 82.8 Å². The summed E-state index contributed by atoms with van der Waals surface area (Å²) < 4.78 is 13.2. The third-order valence-electron chi connectivity index (χ3n) is 2.00. The van der Waals surface area contributed by atoms with Gasteiger partial charge in [0.1, 0.15) is 5.82 Å². The average Bonchev–Trinajstić information content (AvgIpc) is 2.24. The summed E-state index contributed by atoms with van der Waals surface area (Å²) in [7, 11) is 0. The number of nitrogens with zero attached hydrogens (tertiary/aromatic N) is 3. The fraction of sp³-hybridized carbons (Fsp3) is 0. The van der Waals surface area contributed by atoms with E-state index in [0.29, 0.717) is 0 Å². The number of benzene rings is 1. The van der Waals surface area contributed by atoms with Gasteiger partial charge in [-0.1, -0.05) is 17.2 Å². The zero-order valence-corrected chi connectivity index (χ0v) is 7.44. The Hall–Kier alpha value is -2.33. The van der Waals surface area contributed by atoms with Gasteiger partial charge in [0.25, 0.3) is 5.56 Å². The fourth-order valence-corrected chi connectivity index (χ4v) is 1.33. The molecule has 15 heavy (non-hydrogen) atoms. The van der Waals surface area contributed by atoms with E-state index >= 15 is 0 Å². The van der Waals surface area contributed by atoms with E-state index < -0.39 is 11.4 Å².